The topological polar surface area (TPSA) is 76.8 Å². The minimum absolute atomic E-state index is 0.0823. The smallest absolute Gasteiger partial charge is 0.253 e. The molecule has 1 aromatic rings. The van der Waals surface area contributed by atoms with E-state index in [9.17, 15) is 4.79 Å². The van der Waals surface area contributed by atoms with E-state index < -0.39 is 0 Å². The quantitative estimate of drug-likeness (QED) is 0.767. The van der Waals surface area contributed by atoms with Crippen LogP contribution in [0.25, 0.3) is 0 Å². The molecule has 0 spiro atoms. The molecule has 6 heteroatoms. The minimum atomic E-state index is -0.0823. The molecule has 6 nitrogen and oxygen atoms in total. The Hall–Kier alpha value is -1.63. The van der Waals surface area contributed by atoms with E-state index in [0.717, 1.165) is 38.1 Å². The number of rotatable bonds is 6. The molecule has 0 bridgehead atoms. The van der Waals surface area contributed by atoms with Crippen LogP contribution in [0.5, 0.6) is 0 Å². The first-order valence-electron chi connectivity index (χ1n) is 9.17. The first-order valence-corrected chi connectivity index (χ1v) is 9.17. The van der Waals surface area contributed by atoms with Crippen molar-refractivity contribution in [3.05, 3.63) is 29.3 Å². The molecule has 3 rings (SSSR count). The Bertz CT molecular complexity index is 587. The number of nitrogen functional groups attached to an aromatic ring is 1. The standard InChI is InChI=1S/C19H29N3O3/c1-24-13-16-3-2-8-22(16)12-14-4-5-18(20)17(11-14)19(23)21-15-6-9-25-10-7-15/h4-5,11,15-16H,2-3,6-10,12-13,20H2,1H3,(H,21,23)/t16-/m1/s1. The van der Waals surface area contributed by atoms with Gasteiger partial charge in [0.1, 0.15) is 0 Å². The molecule has 0 aliphatic carbocycles. The van der Waals surface area contributed by atoms with E-state index in [1.54, 1.807) is 7.11 Å². The van der Waals surface area contributed by atoms with E-state index in [2.05, 4.69) is 10.2 Å². The Morgan fingerprint density at radius 1 is 1.36 bits per heavy atom. The van der Waals surface area contributed by atoms with Gasteiger partial charge in [-0.25, -0.2) is 0 Å². The molecule has 0 saturated carbocycles. The van der Waals surface area contributed by atoms with Gasteiger partial charge in [0.05, 0.1) is 12.2 Å². The third kappa shape index (κ3) is 4.71. The second-order valence-corrected chi connectivity index (χ2v) is 7.00. The SMILES string of the molecule is COC[C@H]1CCCN1Cc1ccc(N)c(C(=O)NC2CCOCC2)c1. The van der Waals surface area contributed by atoms with Gasteiger partial charge in [-0.15, -0.1) is 0 Å². The minimum Gasteiger partial charge on any atom is -0.398 e. The van der Waals surface area contributed by atoms with Gasteiger partial charge in [-0.1, -0.05) is 6.07 Å². The van der Waals surface area contributed by atoms with Gasteiger partial charge < -0.3 is 20.5 Å². The van der Waals surface area contributed by atoms with Gasteiger partial charge in [-0.2, -0.15) is 0 Å². The molecule has 2 saturated heterocycles. The van der Waals surface area contributed by atoms with Gasteiger partial charge in [-0.3, -0.25) is 9.69 Å². The maximum atomic E-state index is 12.6. The zero-order valence-corrected chi connectivity index (χ0v) is 15.0. The summed E-state index contributed by atoms with van der Waals surface area (Å²) in [4.78, 5) is 15.1. The fourth-order valence-corrected chi connectivity index (χ4v) is 3.72. The van der Waals surface area contributed by atoms with Gasteiger partial charge in [0.25, 0.3) is 5.91 Å². The number of nitrogens with two attached hydrogens (primary N) is 1. The first kappa shape index (κ1) is 18.2. The van der Waals surface area contributed by atoms with Crippen LogP contribution in [0.3, 0.4) is 0 Å². The third-order valence-corrected chi connectivity index (χ3v) is 5.16. The predicted octanol–water partition coefficient (Wildman–Crippen LogP) is 1.79. The van der Waals surface area contributed by atoms with Crippen molar-refractivity contribution in [3.63, 3.8) is 0 Å². The van der Waals surface area contributed by atoms with Gasteiger partial charge in [0.2, 0.25) is 0 Å². The van der Waals surface area contributed by atoms with Crippen LogP contribution >= 0.6 is 0 Å². The zero-order chi connectivity index (χ0) is 17.6. The first-order chi connectivity index (χ1) is 12.2. The Balaban J connectivity index is 1.66. The molecule has 0 radical (unpaired) electrons. The normalized spacial score (nSPS) is 22.2. The molecule has 2 aliphatic rings. The summed E-state index contributed by atoms with van der Waals surface area (Å²) >= 11 is 0. The van der Waals surface area contributed by atoms with Crippen LogP contribution in [0.2, 0.25) is 0 Å². The molecule has 1 atom stereocenters. The van der Waals surface area contributed by atoms with Crippen LogP contribution in [-0.4, -0.2) is 56.4 Å². The molecular formula is C19H29N3O3. The lowest BCUT2D eigenvalue weighted by atomic mass is 10.0. The monoisotopic (exact) mass is 347 g/mol. The molecule has 0 unspecified atom stereocenters. The van der Waals surface area contributed by atoms with Crippen molar-refractivity contribution in [3.8, 4) is 0 Å². The highest BCUT2D eigenvalue weighted by atomic mass is 16.5. The summed E-state index contributed by atoms with van der Waals surface area (Å²) in [7, 11) is 1.75. The van der Waals surface area contributed by atoms with Gasteiger partial charge in [0.15, 0.2) is 0 Å². The van der Waals surface area contributed by atoms with E-state index in [1.165, 1.54) is 12.8 Å². The molecular weight excluding hydrogens is 318 g/mol. The van der Waals surface area contributed by atoms with Crippen LogP contribution in [0.4, 0.5) is 5.69 Å². The number of anilines is 1. The van der Waals surface area contributed by atoms with Crippen LogP contribution in [-0.2, 0) is 16.0 Å². The molecule has 0 aromatic heterocycles. The van der Waals surface area contributed by atoms with Gasteiger partial charge >= 0.3 is 0 Å². The number of nitrogens with zero attached hydrogens (tertiary/aromatic N) is 1. The second-order valence-electron chi connectivity index (χ2n) is 7.00. The lowest BCUT2D eigenvalue weighted by Crippen LogP contribution is -2.39. The summed E-state index contributed by atoms with van der Waals surface area (Å²) in [6.45, 7) is 4.06. The fourth-order valence-electron chi connectivity index (χ4n) is 3.72. The molecule has 25 heavy (non-hydrogen) atoms. The number of methoxy groups -OCH3 is 1. The van der Waals surface area contributed by atoms with Crippen LogP contribution in [0.1, 0.15) is 41.6 Å². The largest absolute Gasteiger partial charge is 0.398 e. The number of carbonyl (C=O) groups excluding carboxylic acids is 1. The predicted molar refractivity (Wildman–Crippen MR) is 97.5 cm³/mol. The van der Waals surface area contributed by atoms with E-state index in [4.69, 9.17) is 15.2 Å². The van der Waals surface area contributed by atoms with E-state index in [-0.39, 0.29) is 11.9 Å². The lowest BCUT2D eigenvalue weighted by Gasteiger charge is -2.25. The number of nitrogens with one attached hydrogen (secondary N) is 1. The Morgan fingerprint density at radius 2 is 2.16 bits per heavy atom. The summed E-state index contributed by atoms with van der Waals surface area (Å²) in [5.74, 6) is -0.0823. The average Bonchev–Trinajstić information content (AvgIpc) is 3.05. The van der Waals surface area contributed by atoms with Crippen molar-refractivity contribution < 1.29 is 14.3 Å². The summed E-state index contributed by atoms with van der Waals surface area (Å²) in [5, 5.41) is 3.09. The number of benzene rings is 1. The number of amides is 1. The van der Waals surface area contributed by atoms with Crippen LogP contribution in [0.15, 0.2) is 18.2 Å². The maximum Gasteiger partial charge on any atom is 0.253 e. The summed E-state index contributed by atoms with van der Waals surface area (Å²) in [5.41, 5.74) is 8.29. The van der Waals surface area contributed by atoms with Crippen LogP contribution < -0.4 is 11.1 Å². The number of likely N-dealkylation sites (tertiary alicyclic amines) is 1. The maximum absolute atomic E-state index is 12.6. The van der Waals surface area contributed by atoms with Gasteiger partial charge in [0, 0.05) is 44.6 Å². The van der Waals surface area contributed by atoms with Crippen molar-refractivity contribution in [1.82, 2.24) is 10.2 Å². The molecule has 2 fully saturated rings. The van der Waals surface area contributed by atoms with Crippen LogP contribution in [0, 0.1) is 0 Å². The highest BCUT2D eigenvalue weighted by Gasteiger charge is 2.25. The number of ether oxygens (including phenoxy) is 2. The number of hydrogen-bond donors (Lipinski definition) is 2. The van der Waals surface area contributed by atoms with Gasteiger partial charge in [-0.05, 0) is 49.9 Å². The van der Waals surface area contributed by atoms with Crippen molar-refractivity contribution in [2.45, 2.75) is 44.3 Å². The highest BCUT2D eigenvalue weighted by Crippen LogP contribution is 2.22. The van der Waals surface area contributed by atoms with Crippen molar-refractivity contribution in [2.75, 3.05) is 39.2 Å². The fraction of sp³-hybridized carbons (Fsp3) is 0.632. The Morgan fingerprint density at radius 3 is 2.92 bits per heavy atom. The number of carbonyl (C=O) groups is 1. The second kappa shape index (κ2) is 8.65. The summed E-state index contributed by atoms with van der Waals surface area (Å²) in [6.07, 6.45) is 4.08. The highest BCUT2D eigenvalue weighted by molar-refractivity contribution is 5.99. The zero-order valence-electron chi connectivity index (χ0n) is 15.0. The van der Waals surface area contributed by atoms with E-state index in [0.29, 0.717) is 30.5 Å². The number of hydrogen-bond acceptors (Lipinski definition) is 5. The Kier molecular flexibility index (Phi) is 6.29. The molecule has 138 valence electrons. The Labute approximate surface area is 149 Å². The van der Waals surface area contributed by atoms with E-state index in [1.807, 2.05) is 18.2 Å². The van der Waals surface area contributed by atoms with Crippen molar-refractivity contribution in [1.29, 1.82) is 0 Å². The summed E-state index contributed by atoms with van der Waals surface area (Å²) in [6, 6.07) is 6.43. The molecule has 1 amide bonds. The average molecular weight is 347 g/mol. The van der Waals surface area contributed by atoms with Crippen molar-refractivity contribution >= 4 is 11.6 Å². The third-order valence-electron chi connectivity index (χ3n) is 5.16. The molecule has 3 N–H and O–H groups in total. The molecule has 2 heterocycles. The summed E-state index contributed by atoms with van der Waals surface area (Å²) < 4.78 is 10.7. The van der Waals surface area contributed by atoms with E-state index >= 15 is 0 Å². The molecule has 2 aliphatic heterocycles. The van der Waals surface area contributed by atoms with Crippen molar-refractivity contribution in [2.24, 2.45) is 0 Å². The lowest BCUT2D eigenvalue weighted by molar-refractivity contribution is 0.0697. The molecule has 1 aromatic carbocycles.